The van der Waals surface area contributed by atoms with Crippen LogP contribution in [0.15, 0.2) is 0 Å². The molecule has 0 saturated heterocycles. The van der Waals surface area contributed by atoms with Gasteiger partial charge in [-0.25, -0.2) is 0 Å². The largest absolute Gasteiger partial charge is 1.00 e. The summed E-state index contributed by atoms with van der Waals surface area (Å²) in [6, 6.07) is 0. The third kappa shape index (κ3) is 21.1. The van der Waals surface area contributed by atoms with E-state index >= 15 is 0 Å². The fraction of sp³-hybridized carbons (Fsp3) is 1.00. The van der Waals surface area contributed by atoms with E-state index in [-0.39, 0.29) is 12.4 Å². The van der Waals surface area contributed by atoms with Gasteiger partial charge in [0.15, 0.2) is 0 Å². The predicted molar refractivity (Wildman–Crippen MR) is 91.4 cm³/mol. The first-order chi connectivity index (χ1) is 9.41. The summed E-state index contributed by atoms with van der Waals surface area (Å²) in [5.41, 5.74) is 0. The molecule has 0 aromatic heterocycles. The molecule has 20 heavy (non-hydrogen) atoms. The van der Waals surface area contributed by atoms with E-state index in [2.05, 4.69) is 13.8 Å². The molecular formula is C18H38AlCl. The summed E-state index contributed by atoms with van der Waals surface area (Å²) in [5, 5.41) is 3.15. The Morgan fingerprint density at radius 1 is 0.450 bits per heavy atom. The second-order valence-electron chi connectivity index (χ2n) is 6.11. The van der Waals surface area contributed by atoms with Gasteiger partial charge in [0.1, 0.15) is 0 Å². The maximum Gasteiger partial charge on any atom is -1.00 e. The number of hydrogen-bond acceptors (Lipinski definition) is 0. The van der Waals surface area contributed by atoms with Gasteiger partial charge in [0.05, 0.1) is 0 Å². The summed E-state index contributed by atoms with van der Waals surface area (Å²) >= 11 is 0.790. The van der Waals surface area contributed by atoms with Crippen LogP contribution in [-0.2, 0) is 0 Å². The average molecular weight is 317 g/mol. The molecule has 0 aliphatic heterocycles. The van der Waals surface area contributed by atoms with Crippen molar-refractivity contribution in [3.05, 3.63) is 0 Å². The molecule has 0 fully saturated rings. The molecule has 0 aliphatic rings. The molecule has 0 aliphatic carbocycles. The second-order valence-corrected chi connectivity index (χ2v) is 7.84. The fourth-order valence-electron chi connectivity index (χ4n) is 2.64. The molecule has 0 N–H and O–H groups in total. The molecule has 0 aromatic rings. The minimum atomic E-state index is 0. The maximum absolute atomic E-state index is 2.30. The van der Waals surface area contributed by atoms with E-state index in [9.17, 15) is 0 Å². The smallest absolute Gasteiger partial charge is 1.00 e. The van der Waals surface area contributed by atoms with Crippen LogP contribution in [0.4, 0.5) is 0 Å². The Hall–Kier alpha value is 0.822. The number of unbranched alkanes of at least 4 members (excludes halogenated alkanes) is 12. The minimum Gasteiger partial charge on any atom is -1.00 e. The molecule has 0 radical (unpaired) electrons. The van der Waals surface area contributed by atoms with Gasteiger partial charge in [-0.15, -0.1) is 0 Å². The van der Waals surface area contributed by atoms with Gasteiger partial charge < -0.3 is 12.4 Å². The van der Waals surface area contributed by atoms with E-state index in [1.54, 1.807) is 10.6 Å². The zero-order chi connectivity index (χ0) is 14.0. The Morgan fingerprint density at radius 3 is 1.10 bits per heavy atom. The quantitative estimate of drug-likeness (QED) is 0.298. The van der Waals surface area contributed by atoms with Crippen LogP contribution >= 0.6 is 0 Å². The van der Waals surface area contributed by atoms with Crippen molar-refractivity contribution in [2.75, 3.05) is 0 Å². The molecule has 0 nitrogen and oxygen atoms in total. The minimum absolute atomic E-state index is 0. The first kappa shape index (κ1) is 23.1. The van der Waals surface area contributed by atoms with Crippen molar-refractivity contribution >= 4 is 15.2 Å². The molecule has 0 aromatic carbocycles. The summed E-state index contributed by atoms with van der Waals surface area (Å²) in [4.78, 5) is 0. The standard InChI is InChI=1S/2C9H19.Al.ClH/c2*1-3-5-7-9-8-6-4-2;;/h2*1,3-9H2,2H3;;1H/q;;+1;/p-1. The monoisotopic (exact) mass is 316 g/mol. The fourth-order valence-corrected chi connectivity index (χ4v) is 4.08. The van der Waals surface area contributed by atoms with Crippen molar-refractivity contribution in [2.24, 2.45) is 0 Å². The zero-order valence-electron chi connectivity index (χ0n) is 14.3. The van der Waals surface area contributed by atoms with Crippen LogP contribution < -0.4 is 12.4 Å². The molecular weight excluding hydrogens is 279 g/mol. The molecule has 0 heterocycles. The SMILES string of the molecule is CCCCCCCC[CH2][Al+][CH2]CCCCCCCC.[Cl-]. The number of hydrogen-bond donors (Lipinski definition) is 0. The molecule has 120 valence electrons. The van der Waals surface area contributed by atoms with Crippen LogP contribution in [0.25, 0.3) is 0 Å². The number of halogens is 1. The molecule has 2 heteroatoms. The Morgan fingerprint density at radius 2 is 0.750 bits per heavy atom. The van der Waals surface area contributed by atoms with Gasteiger partial charge in [-0.05, 0) is 0 Å². The Labute approximate surface area is 142 Å². The van der Waals surface area contributed by atoms with E-state index in [1.807, 2.05) is 0 Å². The van der Waals surface area contributed by atoms with Crippen molar-refractivity contribution in [2.45, 2.75) is 114 Å². The van der Waals surface area contributed by atoms with E-state index in [1.165, 1.54) is 89.9 Å². The van der Waals surface area contributed by atoms with Crippen molar-refractivity contribution in [3.8, 4) is 0 Å². The van der Waals surface area contributed by atoms with Crippen LogP contribution in [0.3, 0.4) is 0 Å². The van der Waals surface area contributed by atoms with Gasteiger partial charge in [0.2, 0.25) is 0 Å². The number of rotatable bonds is 16. The summed E-state index contributed by atoms with van der Waals surface area (Å²) in [6.07, 6.45) is 20.6. The molecule has 0 saturated carbocycles. The first-order valence-electron chi connectivity index (χ1n) is 9.23. The van der Waals surface area contributed by atoms with Gasteiger partial charge in [0.25, 0.3) is 0 Å². The van der Waals surface area contributed by atoms with Crippen LogP contribution in [0.5, 0.6) is 0 Å². The predicted octanol–water partition coefficient (Wildman–Crippen LogP) is 4.03. The summed E-state index contributed by atoms with van der Waals surface area (Å²) in [5.74, 6) is 0. The maximum atomic E-state index is 2.30. The topological polar surface area (TPSA) is 0 Å². The molecule has 0 spiro atoms. The van der Waals surface area contributed by atoms with Crippen LogP contribution in [0.2, 0.25) is 10.6 Å². The third-order valence-corrected chi connectivity index (χ3v) is 5.66. The van der Waals surface area contributed by atoms with E-state index in [0.29, 0.717) is 0 Å². The van der Waals surface area contributed by atoms with Crippen molar-refractivity contribution < 1.29 is 12.4 Å². The molecule has 0 atom stereocenters. The third-order valence-electron chi connectivity index (χ3n) is 4.02. The summed E-state index contributed by atoms with van der Waals surface area (Å²) in [6.45, 7) is 4.60. The summed E-state index contributed by atoms with van der Waals surface area (Å²) < 4.78 is 0. The molecule has 0 rings (SSSR count). The van der Waals surface area contributed by atoms with Crippen molar-refractivity contribution in [3.63, 3.8) is 0 Å². The van der Waals surface area contributed by atoms with E-state index < -0.39 is 0 Å². The molecule has 0 bridgehead atoms. The summed E-state index contributed by atoms with van der Waals surface area (Å²) in [7, 11) is 0. The molecule has 0 unspecified atom stereocenters. The van der Waals surface area contributed by atoms with Crippen molar-refractivity contribution in [1.29, 1.82) is 0 Å². The van der Waals surface area contributed by atoms with Crippen LogP contribution in [-0.4, -0.2) is 15.2 Å². The van der Waals surface area contributed by atoms with E-state index in [0.717, 1.165) is 15.2 Å². The van der Waals surface area contributed by atoms with Gasteiger partial charge >= 0.3 is 130 Å². The second kappa shape index (κ2) is 22.1. The zero-order valence-corrected chi connectivity index (χ0v) is 16.2. The van der Waals surface area contributed by atoms with Gasteiger partial charge in [0, 0.05) is 0 Å². The van der Waals surface area contributed by atoms with E-state index in [4.69, 9.17) is 0 Å². The van der Waals surface area contributed by atoms with Crippen LogP contribution in [0.1, 0.15) is 104 Å². The first-order valence-corrected chi connectivity index (χ1v) is 10.9. The van der Waals surface area contributed by atoms with Gasteiger partial charge in [-0.1, -0.05) is 0 Å². The Kier molecular flexibility index (Phi) is 25.5. The Bertz CT molecular complexity index is 134. The van der Waals surface area contributed by atoms with Gasteiger partial charge in [-0.3, -0.25) is 0 Å². The normalized spacial score (nSPS) is 10.1. The van der Waals surface area contributed by atoms with Crippen LogP contribution in [0, 0.1) is 0 Å². The Balaban J connectivity index is 0. The molecule has 0 amide bonds. The average Bonchev–Trinajstić information content (AvgIpc) is 2.43. The van der Waals surface area contributed by atoms with Gasteiger partial charge in [-0.2, -0.15) is 0 Å². The van der Waals surface area contributed by atoms with Crippen molar-refractivity contribution in [1.82, 2.24) is 0 Å².